The third-order valence-electron chi connectivity index (χ3n) is 7.18. The number of carbonyl (C=O) groups excluding carboxylic acids is 3. The second kappa shape index (κ2) is 7.92. The summed E-state index contributed by atoms with van der Waals surface area (Å²) in [6, 6.07) is 7.66. The molecule has 3 amide bonds. The topological polar surface area (TPSA) is 88.2 Å². The lowest BCUT2D eigenvalue weighted by atomic mass is 9.76. The molecule has 0 radical (unpaired) electrons. The first-order valence-electron chi connectivity index (χ1n) is 11.4. The summed E-state index contributed by atoms with van der Waals surface area (Å²) in [5, 5.41) is 2.97. The summed E-state index contributed by atoms with van der Waals surface area (Å²) < 4.78 is 11.3. The molecule has 1 aromatic rings. The number of hydrogen-bond acceptors (Lipinski definition) is 5. The zero-order valence-electron chi connectivity index (χ0n) is 18.5. The fourth-order valence-corrected chi connectivity index (χ4v) is 5.57. The Balaban J connectivity index is 1.29. The predicted octanol–water partition coefficient (Wildman–Crippen LogP) is 2.34. The van der Waals surface area contributed by atoms with E-state index in [1.54, 1.807) is 11.8 Å². The predicted molar refractivity (Wildman–Crippen MR) is 117 cm³/mol. The maximum absolute atomic E-state index is 13.5. The second-order valence-electron chi connectivity index (χ2n) is 9.14. The number of nitrogens with one attached hydrogen (secondary N) is 1. The number of benzene rings is 1. The number of piperidine rings is 1. The number of anilines is 1. The molecule has 0 aromatic heterocycles. The van der Waals surface area contributed by atoms with E-state index in [-0.39, 0.29) is 30.1 Å². The van der Waals surface area contributed by atoms with Crippen molar-refractivity contribution in [3.05, 3.63) is 42.0 Å². The van der Waals surface area contributed by atoms with E-state index in [0.29, 0.717) is 39.1 Å². The lowest BCUT2D eigenvalue weighted by Crippen LogP contribution is -2.49. The molecular formula is C24H29N3O5. The molecule has 170 valence electrons. The minimum absolute atomic E-state index is 0.0181. The molecule has 4 atom stereocenters. The second-order valence-corrected chi connectivity index (χ2v) is 9.14. The van der Waals surface area contributed by atoms with Crippen LogP contribution in [0.15, 0.2) is 36.4 Å². The molecule has 2 bridgehead atoms. The first-order valence-corrected chi connectivity index (χ1v) is 11.4. The smallest absolute Gasteiger partial charge is 0.409 e. The summed E-state index contributed by atoms with van der Waals surface area (Å²) in [7, 11) is 0. The van der Waals surface area contributed by atoms with Crippen molar-refractivity contribution in [1.82, 2.24) is 9.80 Å². The summed E-state index contributed by atoms with van der Waals surface area (Å²) >= 11 is 0. The first-order chi connectivity index (χ1) is 15.4. The van der Waals surface area contributed by atoms with Gasteiger partial charge in [0, 0.05) is 24.8 Å². The summed E-state index contributed by atoms with van der Waals surface area (Å²) in [5.74, 6) is -1.25. The summed E-state index contributed by atoms with van der Waals surface area (Å²) in [4.78, 5) is 42.3. The van der Waals surface area contributed by atoms with Crippen molar-refractivity contribution < 1.29 is 23.9 Å². The van der Waals surface area contributed by atoms with Crippen molar-refractivity contribution in [2.24, 2.45) is 11.8 Å². The first kappa shape index (κ1) is 21.0. The zero-order valence-corrected chi connectivity index (χ0v) is 18.5. The van der Waals surface area contributed by atoms with Gasteiger partial charge in [-0.05, 0) is 38.8 Å². The SMILES string of the molecule is CCOC(=O)N1CCC(N2CC34C=C[C@@H](O3)[C@H](C(=O)Nc3ccc(C)cc3)[C@@H]4C2=O)CC1. The van der Waals surface area contributed by atoms with Gasteiger partial charge >= 0.3 is 6.09 Å². The average molecular weight is 440 g/mol. The molecule has 3 fully saturated rings. The van der Waals surface area contributed by atoms with Gasteiger partial charge in [-0.3, -0.25) is 9.59 Å². The quantitative estimate of drug-likeness (QED) is 0.728. The molecule has 32 heavy (non-hydrogen) atoms. The molecule has 0 aliphatic carbocycles. The van der Waals surface area contributed by atoms with Crippen LogP contribution >= 0.6 is 0 Å². The number of rotatable bonds is 4. The van der Waals surface area contributed by atoms with Crippen LogP contribution in [0.4, 0.5) is 10.5 Å². The van der Waals surface area contributed by atoms with Gasteiger partial charge in [-0.2, -0.15) is 0 Å². The molecular weight excluding hydrogens is 410 g/mol. The molecule has 3 saturated heterocycles. The number of fused-ring (bicyclic) bond motifs is 1. The number of ether oxygens (including phenoxy) is 2. The molecule has 5 rings (SSSR count). The lowest BCUT2D eigenvalue weighted by molar-refractivity contribution is -0.138. The van der Waals surface area contributed by atoms with Crippen LogP contribution in [-0.4, -0.2) is 71.7 Å². The number of nitrogens with zero attached hydrogens (tertiary/aromatic N) is 2. The van der Waals surface area contributed by atoms with Crippen molar-refractivity contribution in [2.75, 3.05) is 31.6 Å². The minimum atomic E-state index is -0.727. The summed E-state index contributed by atoms with van der Waals surface area (Å²) in [6.07, 6.45) is 4.62. The summed E-state index contributed by atoms with van der Waals surface area (Å²) in [6.45, 7) is 5.71. The molecule has 8 nitrogen and oxygen atoms in total. The van der Waals surface area contributed by atoms with Gasteiger partial charge in [0.05, 0.1) is 31.1 Å². The van der Waals surface area contributed by atoms with E-state index in [1.165, 1.54) is 0 Å². The molecule has 1 unspecified atom stereocenters. The fraction of sp³-hybridized carbons (Fsp3) is 0.542. The Kier molecular flexibility index (Phi) is 5.20. The number of amides is 3. The molecule has 0 saturated carbocycles. The highest BCUT2D eigenvalue weighted by Crippen LogP contribution is 2.52. The van der Waals surface area contributed by atoms with Gasteiger partial charge in [0.2, 0.25) is 11.8 Å². The van der Waals surface area contributed by atoms with Crippen LogP contribution in [0.25, 0.3) is 0 Å². The highest BCUT2D eigenvalue weighted by molar-refractivity contribution is 5.99. The van der Waals surface area contributed by atoms with E-state index in [2.05, 4.69) is 5.32 Å². The van der Waals surface area contributed by atoms with E-state index in [4.69, 9.17) is 9.47 Å². The van der Waals surface area contributed by atoms with Gasteiger partial charge in [0.25, 0.3) is 0 Å². The van der Waals surface area contributed by atoms with Gasteiger partial charge in [-0.1, -0.05) is 29.8 Å². The normalized spacial score (nSPS) is 31.2. The molecule has 1 aromatic carbocycles. The zero-order chi connectivity index (χ0) is 22.5. The van der Waals surface area contributed by atoms with Gasteiger partial charge < -0.3 is 24.6 Å². The lowest BCUT2D eigenvalue weighted by Gasteiger charge is -2.37. The van der Waals surface area contributed by atoms with Crippen LogP contribution < -0.4 is 5.32 Å². The Morgan fingerprint density at radius 1 is 1.22 bits per heavy atom. The van der Waals surface area contributed by atoms with Crippen molar-refractivity contribution >= 4 is 23.6 Å². The van der Waals surface area contributed by atoms with E-state index in [9.17, 15) is 14.4 Å². The van der Waals surface area contributed by atoms with Crippen LogP contribution in [0.1, 0.15) is 25.3 Å². The van der Waals surface area contributed by atoms with Crippen LogP contribution in [-0.2, 0) is 19.1 Å². The molecule has 4 aliphatic rings. The highest BCUT2D eigenvalue weighted by atomic mass is 16.6. The molecule has 1 spiro atoms. The van der Waals surface area contributed by atoms with Gasteiger partial charge in [-0.25, -0.2) is 4.79 Å². The van der Waals surface area contributed by atoms with Crippen LogP contribution in [0.3, 0.4) is 0 Å². The average Bonchev–Trinajstić information content (AvgIpc) is 3.44. The number of hydrogen-bond donors (Lipinski definition) is 1. The maximum Gasteiger partial charge on any atom is 0.409 e. The third-order valence-corrected chi connectivity index (χ3v) is 7.18. The fourth-order valence-electron chi connectivity index (χ4n) is 5.57. The van der Waals surface area contributed by atoms with Gasteiger partial charge in [-0.15, -0.1) is 0 Å². The van der Waals surface area contributed by atoms with Crippen molar-refractivity contribution in [3.63, 3.8) is 0 Å². The van der Waals surface area contributed by atoms with E-state index < -0.39 is 17.4 Å². The van der Waals surface area contributed by atoms with E-state index >= 15 is 0 Å². The number of carbonyl (C=O) groups is 3. The maximum atomic E-state index is 13.5. The largest absolute Gasteiger partial charge is 0.450 e. The molecule has 1 N–H and O–H groups in total. The molecule has 8 heteroatoms. The van der Waals surface area contributed by atoms with Crippen molar-refractivity contribution in [2.45, 2.75) is 44.4 Å². The van der Waals surface area contributed by atoms with Gasteiger partial charge in [0.15, 0.2) is 0 Å². The summed E-state index contributed by atoms with van der Waals surface area (Å²) in [5.41, 5.74) is 1.11. The standard InChI is InChI=1S/C24H29N3O5/c1-3-31-23(30)26-12-9-17(10-13-26)27-14-24-11-8-18(32-24)19(20(24)22(27)29)21(28)25-16-6-4-15(2)5-7-16/h4-8,11,17-20H,3,9-10,12-14H2,1-2H3,(H,25,28)/t18-,19+,20-,24?/m1/s1. The number of likely N-dealkylation sites (tertiary alicyclic amines) is 2. The Morgan fingerprint density at radius 2 is 1.94 bits per heavy atom. The highest BCUT2D eigenvalue weighted by Gasteiger charge is 2.67. The Hall–Kier alpha value is -2.87. The third kappa shape index (κ3) is 3.37. The molecule has 4 aliphatic heterocycles. The van der Waals surface area contributed by atoms with Crippen molar-refractivity contribution in [3.8, 4) is 0 Å². The monoisotopic (exact) mass is 439 g/mol. The minimum Gasteiger partial charge on any atom is -0.450 e. The van der Waals surface area contributed by atoms with Gasteiger partial charge in [0.1, 0.15) is 5.60 Å². The van der Waals surface area contributed by atoms with Crippen LogP contribution in [0, 0.1) is 18.8 Å². The Morgan fingerprint density at radius 3 is 2.62 bits per heavy atom. The molecule has 4 heterocycles. The van der Waals surface area contributed by atoms with E-state index in [0.717, 1.165) is 11.3 Å². The van der Waals surface area contributed by atoms with E-state index in [1.807, 2.05) is 48.2 Å². The van der Waals surface area contributed by atoms with Crippen LogP contribution in [0.5, 0.6) is 0 Å². The van der Waals surface area contributed by atoms with Crippen LogP contribution in [0.2, 0.25) is 0 Å². The Labute approximate surface area is 187 Å². The van der Waals surface area contributed by atoms with Crippen molar-refractivity contribution in [1.29, 1.82) is 0 Å². The number of aryl methyl sites for hydroxylation is 1. The Bertz CT molecular complexity index is 953.